The van der Waals surface area contributed by atoms with Gasteiger partial charge in [-0.15, -0.1) is 11.3 Å². The van der Waals surface area contributed by atoms with Crippen molar-refractivity contribution < 1.29 is 43.9 Å². The molecule has 2 aromatic heterocycles. The van der Waals surface area contributed by atoms with Gasteiger partial charge in [0.05, 0.1) is 19.4 Å². The van der Waals surface area contributed by atoms with Gasteiger partial charge in [0.15, 0.2) is 5.60 Å². The second-order valence-corrected chi connectivity index (χ2v) is 13.1. The number of aliphatic hydroxyl groups is 1. The average Bonchev–Trinajstić information content (AvgIpc) is 3.55. The monoisotopic (exact) mass is 632 g/mol. The van der Waals surface area contributed by atoms with E-state index in [0.717, 1.165) is 61.3 Å². The van der Waals surface area contributed by atoms with Crippen molar-refractivity contribution in [3.05, 3.63) is 64.5 Å². The van der Waals surface area contributed by atoms with E-state index >= 15 is 0 Å². The summed E-state index contributed by atoms with van der Waals surface area (Å²) in [6.07, 6.45) is 2.96. The number of aromatic nitrogens is 1. The van der Waals surface area contributed by atoms with Crippen molar-refractivity contribution in [2.75, 3.05) is 26.3 Å². The SMILES string of the molecule is CCOC[C@@]1(CCc2cc3cc(F)ccc3s2)CCN(C(C)(C)c2ccc(C)nc2)C1.O=C(O)CC(O)(CC(=O)O)C(=O)O. The number of nitrogens with zero attached hydrogens (tertiary/aromatic N) is 2. The highest BCUT2D eigenvalue weighted by molar-refractivity contribution is 7.19. The lowest BCUT2D eigenvalue weighted by molar-refractivity contribution is -0.170. The van der Waals surface area contributed by atoms with E-state index in [1.807, 2.05) is 19.2 Å². The number of benzene rings is 1. The fourth-order valence-electron chi connectivity index (χ4n) is 5.43. The molecule has 3 aromatic rings. The van der Waals surface area contributed by atoms with Crippen molar-refractivity contribution in [2.45, 2.75) is 70.9 Å². The van der Waals surface area contributed by atoms with Crippen molar-refractivity contribution in [3.63, 3.8) is 0 Å². The zero-order valence-corrected chi connectivity index (χ0v) is 26.3. The molecule has 44 heavy (non-hydrogen) atoms. The molecular weight excluding hydrogens is 591 g/mol. The van der Waals surface area contributed by atoms with Gasteiger partial charge in [-0.25, -0.2) is 9.18 Å². The summed E-state index contributed by atoms with van der Waals surface area (Å²) in [4.78, 5) is 38.9. The normalized spacial score (nSPS) is 17.3. The van der Waals surface area contributed by atoms with Crippen molar-refractivity contribution in [2.24, 2.45) is 5.41 Å². The molecule has 4 rings (SSSR count). The lowest BCUT2D eigenvalue weighted by Gasteiger charge is -2.38. The van der Waals surface area contributed by atoms with Crippen LogP contribution in [0.4, 0.5) is 4.39 Å². The summed E-state index contributed by atoms with van der Waals surface area (Å²) < 4.78 is 20.7. The number of hydrogen-bond acceptors (Lipinski definition) is 8. The van der Waals surface area contributed by atoms with Crippen molar-refractivity contribution in [1.29, 1.82) is 0 Å². The lowest BCUT2D eigenvalue weighted by atomic mass is 9.82. The molecule has 12 heteroatoms. The van der Waals surface area contributed by atoms with E-state index < -0.39 is 36.4 Å². The third-order valence-electron chi connectivity index (χ3n) is 8.18. The topological polar surface area (TPSA) is 157 Å². The Kier molecular flexibility index (Phi) is 11.6. The fraction of sp³-hybridized carbons (Fsp3) is 0.500. The van der Waals surface area contributed by atoms with Gasteiger partial charge in [0, 0.05) is 45.6 Å². The van der Waals surface area contributed by atoms with E-state index in [4.69, 9.17) is 25.2 Å². The molecular formula is C32H41FN2O8S. The van der Waals surface area contributed by atoms with Crippen LogP contribution in [0.3, 0.4) is 0 Å². The van der Waals surface area contributed by atoms with Gasteiger partial charge < -0.3 is 25.2 Å². The predicted molar refractivity (Wildman–Crippen MR) is 164 cm³/mol. The smallest absolute Gasteiger partial charge is 0.336 e. The molecule has 4 N–H and O–H groups in total. The Morgan fingerprint density at radius 3 is 2.34 bits per heavy atom. The van der Waals surface area contributed by atoms with Gasteiger partial charge >= 0.3 is 17.9 Å². The minimum Gasteiger partial charge on any atom is -0.481 e. The van der Waals surface area contributed by atoms with Crippen LogP contribution in [0.1, 0.15) is 62.6 Å². The molecule has 1 aromatic carbocycles. The third kappa shape index (κ3) is 9.04. The molecule has 0 saturated carbocycles. The first-order chi connectivity index (χ1) is 20.6. The van der Waals surface area contributed by atoms with Crippen LogP contribution in [0.25, 0.3) is 10.1 Å². The summed E-state index contributed by atoms with van der Waals surface area (Å²) in [5.74, 6) is -5.18. The predicted octanol–water partition coefficient (Wildman–Crippen LogP) is 5.09. The maximum absolute atomic E-state index is 13.6. The van der Waals surface area contributed by atoms with E-state index in [1.165, 1.54) is 10.4 Å². The molecule has 0 unspecified atom stereocenters. The molecule has 1 fully saturated rings. The molecule has 1 aliphatic heterocycles. The summed E-state index contributed by atoms with van der Waals surface area (Å²) in [6.45, 7) is 12.3. The van der Waals surface area contributed by atoms with E-state index in [0.29, 0.717) is 0 Å². The number of halogens is 1. The van der Waals surface area contributed by atoms with Crippen LogP contribution in [-0.4, -0.2) is 80.1 Å². The second-order valence-electron chi connectivity index (χ2n) is 11.9. The van der Waals surface area contributed by atoms with Crippen LogP contribution in [0, 0.1) is 18.2 Å². The summed E-state index contributed by atoms with van der Waals surface area (Å²) in [5, 5.41) is 34.8. The molecule has 0 spiro atoms. The number of hydrogen-bond donors (Lipinski definition) is 4. The van der Waals surface area contributed by atoms with Crippen LogP contribution >= 0.6 is 11.3 Å². The molecule has 0 bridgehead atoms. The quantitative estimate of drug-likeness (QED) is 0.200. The Morgan fingerprint density at radius 1 is 1.09 bits per heavy atom. The highest BCUT2D eigenvalue weighted by Crippen LogP contribution is 2.42. The largest absolute Gasteiger partial charge is 0.481 e. The van der Waals surface area contributed by atoms with E-state index in [2.05, 4.69) is 48.9 Å². The fourth-order valence-corrected chi connectivity index (χ4v) is 6.48. The van der Waals surface area contributed by atoms with Crippen LogP contribution in [0.5, 0.6) is 0 Å². The van der Waals surface area contributed by atoms with Crippen molar-refractivity contribution in [1.82, 2.24) is 9.88 Å². The average molecular weight is 633 g/mol. The van der Waals surface area contributed by atoms with Gasteiger partial charge in [0.1, 0.15) is 5.82 Å². The summed E-state index contributed by atoms with van der Waals surface area (Å²) in [7, 11) is 0. The molecule has 0 aliphatic carbocycles. The molecule has 0 amide bonds. The number of thiophene rings is 1. The number of aryl methyl sites for hydroxylation is 2. The number of carboxylic acid groups (broad SMARTS) is 3. The minimum atomic E-state index is -2.74. The zero-order valence-electron chi connectivity index (χ0n) is 25.5. The third-order valence-corrected chi connectivity index (χ3v) is 9.35. The number of carboxylic acids is 3. The molecule has 1 atom stereocenters. The molecule has 240 valence electrons. The van der Waals surface area contributed by atoms with Gasteiger partial charge in [0.2, 0.25) is 0 Å². The van der Waals surface area contributed by atoms with Crippen LogP contribution in [-0.2, 0) is 31.1 Å². The van der Waals surface area contributed by atoms with Gasteiger partial charge in [0.25, 0.3) is 0 Å². The Balaban J connectivity index is 0.000000345. The van der Waals surface area contributed by atoms with Crippen molar-refractivity contribution in [3.8, 4) is 0 Å². The highest BCUT2D eigenvalue weighted by Gasteiger charge is 2.44. The number of fused-ring (bicyclic) bond motifs is 1. The van der Waals surface area contributed by atoms with Gasteiger partial charge in [-0.2, -0.15) is 0 Å². The number of carbonyl (C=O) groups is 3. The number of ether oxygens (including phenoxy) is 1. The zero-order chi connectivity index (χ0) is 32.7. The minimum absolute atomic E-state index is 0.0657. The van der Waals surface area contributed by atoms with Gasteiger partial charge in [-0.3, -0.25) is 19.5 Å². The first-order valence-corrected chi connectivity index (χ1v) is 15.2. The van der Waals surface area contributed by atoms with Crippen LogP contribution in [0.15, 0.2) is 42.6 Å². The number of likely N-dealkylation sites (tertiary alicyclic amines) is 1. The summed E-state index contributed by atoms with van der Waals surface area (Å²) in [6, 6.07) is 11.6. The first-order valence-electron chi connectivity index (χ1n) is 14.4. The van der Waals surface area contributed by atoms with Gasteiger partial charge in [-0.05, 0) is 94.8 Å². The molecule has 1 saturated heterocycles. The Labute approximate surface area is 260 Å². The van der Waals surface area contributed by atoms with Gasteiger partial charge in [-0.1, -0.05) is 6.07 Å². The van der Waals surface area contributed by atoms with E-state index in [9.17, 15) is 18.8 Å². The summed E-state index contributed by atoms with van der Waals surface area (Å²) in [5.41, 5.74) is -0.347. The van der Waals surface area contributed by atoms with Crippen LogP contribution < -0.4 is 0 Å². The maximum Gasteiger partial charge on any atom is 0.336 e. The Bertz CT molecular complexity index is 1440. The highest BCUT2D eigenvalue weighted by atomic mass is 32.1. The number of rotatable bonds is 13. The van der Waals surface area contributed by atoms with E-state index in [1.54, 1.807) is 23.5 Å². The molecule has 3 heterocycles. The maximum atomic E-state index is 13.6. The summed E-state index contributed by atoms with van der Waals surface area (Å²) >= 11 is 1.79. The number of aliphatic carboxylic acids is 3. The van der Waals surface area contributed by atoms with E-state index in [-0.39, 0.29) is 16.8 Å². The lowest BCUT2D eigenvalue weighted by Crippen LogP contribution is -2.42. The number of pyridine rings is 1. The first kappa shape index (κ1) is 35.0. The Morgan fingerprint density at radius 2 is 1.77 bits per heavy atom. The standard InChI is InChI=1S/C26H33FN2OS.C6H8O7/c1-5-30-18-26(11-10-23-15-20-14-22(27)8-9-24(20)31-23)12-13-29(17-26)25(3,4)21-7-6-19(2)28-16-21;7-3(8)1-6(13,5(11)12)2-4(9)10/h6-9,14-16H,5,10-13,17-18H2,1-4H3;13H,1-2H2,(H,7,8)(H,9,10)(H,11,12)/t26-;/m0./s1. The van der Waals surface area contributed by atoms with Crippen LogP contribution in [0.2, 0.25) is 0 Å². The Hall–Kier alpha value is -3.45. The molecule has 0 radical (unpaired) electrons. The molecule has 10 nitrogen and oxygen atoms in total. The second kappa shape index (κ2) is 14.6. The van der Waals surface area contributed by atoms with Crippen molar-refractivity contribution >= 4 is 39.3 Å². The molecule has 1 aliphatic rings.